The Labute approximate surface area is 100 Å². The largest absolute Gasteiger partial charge is 0.508 e. The molecule has 0 aromatic heterocycles. The van der Waals surface area contributed by atoms with Crippen molar-refractivity contribution in [3.63, 3.8) is 0 Å². The molecule has 0 aliphatic carbocycles. The molecule has 0 aliphatic heterocycles. The zero-order valence-corrected chi connectivity index (χ0v) is 9.85. The Balaban J connectivity index is 2.89. The van der Waals surface area contributed by atoms with Crippen LogP contribution in [-0.2, 0) is 4.74 Å². The van der Waals surface area contributed by atoms with Gasteiger partial charge in [-0.1, -0.05) is 6.07 Å². The molecule has 0 spiro atoms. The van der Waals surface area contributed by atoms with Crippen molar-refractivity contribution in [3.05, 3.63) is 29.3 Å². The van der Waals surface area contributed by atoms with E-state index < -0.39 is 5.97 Å². The maximum Gasteiger partial charge on any atom is 0.338 e. The highest BCUT2D eigenvalue weighted by Gasteiger charge is 2.13. The van der Waals surface area contributed by atoms with Crippen molar-refractivity contribution in [2.45, 2.75) is 19.4 Å². The predicted molar refractivity (Wildman–Crippen MR) is 64.7 cm³/mol. The molecule has 5 nitrogen and oxygen atoms in total. The van der Waals surface area contributed by atoms with Gasteiger partial charge in [-0.3, -0.25) is 0 Å². The minimum Gasteiger partial charge on any atom is -0.508 e. The lowest BCUT2D eigenvalue weighted by Crippen LogP contribution is -2.15. The first-order valence-corrected chi connectivity index (χ1v) is 5.55. The molecule has 0 bridgehead atoms. The number of rotatable bonds is 5. The van der Waals surface area contributed by atoms with Gasteiger partial charge in [0.1, 0.15) is 5.75 Å². The summed E-state index contributed by atoms with van der Waals surface area (Å²) in [5, 5.41) is 9.78. The van der Waals surface area contributed by atoms with Crippen molar-refractivity contribution < 1.29 is 14.6 Å². The molecule has 5 N–H and O–H groups in total. The number of carbonyl (C=O) groups is 1. The highest BCUT2D eigenvalue weighted by Crippen LogP contribution is 2.25. The Bertz CT molecular complexity index is 393. The van der Waals surface area contributed by atoms with Crippen molar-refractivity contribution in [1.29, 1.82) is 0 Å². The molecule has 1 unspecified atom stereocenters. The molecule has 0 radical (unpaired) electrons. The number of hydrogen-bond donors (Lipinski definition) is 3. The SMILES string of the molecule is CCOC(=O)c1ccc(C(N)CCN)c(O)c1. The summed E-state index contributed by atoms with van der Waals surface area (Å²) < 4.78 is 4.83. The first kappa shape index (κ1) is 13.5. The number of esters is 1. The van der Waals surface area contributed by atoms with Crippen LogP contribution in [0, 0.1) is 0 Å². The molecule has 0 aliphatic rings. The van der Waals surface area contributed by atoms with Crippen LogP contribution < -0.4 is 11.5 Å². The molecular formula is C12H18N2O3. The summed E-state index contributed by atoms with van der Waals surface area (Å²) >= 11 is 0. The van der Waals surface area contributed by atoms with Crippen LogP contribution in [0.5, 0.6) is 5.75 Å². The van der Waals surface area contributed by atoms with E-state index in [0.717, 1.165) is 0 Å². The molecular weight excluding hydrogens is 220 g/mol. The molecule has 0 amide bonds. The summed E-state index contributed by atoms with van der Waals surface area (Å²) in [7, 11) is 0. The van der Waals surface area contributed by atoms with Gasteiger partial charge in [0, 0.05) is 11.6 Å². The van der Waals surface area contributed by atoms with Crippen LogP contribution in [0.3, 0.4) is 0 Å². The van der Waals surface area contributed by atoms with Gasteiger partial charge < -0.3 is 21.3 Å². The fraction of sp³-hybridized carbons (Fsp3) is 0.417. The lowest BCUT2D eigenvalue weighted by atomic mass is 10.0. The normalized spacial score (nSPS) is 12.2. The molecule has 0 saturated heterocycles. The highest BCUT2D eigenvalue weighted by molar-refractivity contribution is 5.90. The molecule has 0 saturated carbocycles. The molecule has 0 heterocycles. The van der Waals surface area contributed by atoms with Gasteiger partial charge in [0.2, 0.25) is 0 Å². The summed E-state index contributed by atoms with van der Waals surface area (Å²) in [6.07, 6.45) is 0.576. The zero-order chi connectivity index (χ0) is 12.8. The van der Waals surface area contributed by atoms with E-state index in [2.05, 4.69) is 0 Å². The van der Waals surface area contributed by atoms with E-state index in [1.165, 1.54) is 6.07 Å². The van der Waals surface area contributed by atoms with E-state index in [1.807, 2.05) is 0 Å². The minimum absolute atomic E-state index is 0.00324. The van der Waals surface area contributed by atoms with Crippen molar-refractivity contribution in [2.75, 3.05) is 13.2 Å². The summed E-state index contributed by atoms with van der Waals surface area (Å²) in [6, 6.07) is 4.26. The Morgan fingerprint density at radius 1 is 1.53 bits per heavy atom. The monoisotopic (exact) mass is 238 g/mol. The Hall–Kier alpha value is -1.59. The lowest BCUT2D eigenvalue weighted by molar-refractivity contribution is 0.0526. The molecule has 94 valence electrons. The van der Waals surface area contributed by atoms with Crippen LogP contribution in [-0.4, -0.2) is 24.2 Å². The van der Waals surface area contributed by atoms with Crippen molar-refractivity contribution in [2.24, 2.45) is 11.5 Å². The summed E-state index contributed by atoms with van der Waals surface area (Å²) in [6.45, 7) is 2.47. The zero-order valence-electron chi connectivity index (χ0n) is 9.85. The smallest absolute Gasteiger partial charge is 0.338 e. The maximum absolute atomic E-state index is 11.4. The average Bonchev–Trinajstić information content (AvgIpc) is 2.29. The Morgan fingerprint density at radius 3 is 2.76 bits per heavy atom. The third-order valence-corrected chi connectivity index (χ3v) is 2.42. The average molecular weight is 238 g/mol. The quantitative estimate of drug-likeness (QED) is 0.662. The molecule has 5 heteroatoms. The van der Waals surface area contributed by atoms with Gasteiger partial charge in [0.25, 0.3) is 0 Å². The highest BCUT2D eigenvalue weighted by atomic mass is 16.5. The van der Waals surface area contributed by atoms with Crippen LogP contribution in [0.15, 0.2) is 18.2 Å². The fourth-order valence-corrected chi connectivity index (χ4v) is 1.53. The molecule has 1 atom stereocenters. The van der Waals surface area contributed by atoms with E-state index in [4.69, 9.17) is 16.2 Å². The number of carbonyl (C=O) groups excluding carboxylic acids is 1. The van der Waals surface area contributed by atoms with Gasteiger partial charge in [0.15, 0.2) is 0 Å². The maximum atomic E-state index is 11.4. The first-order valence-electron chi connectivity index (χ1n) is 5.55. The van der Waals surface area contributed by atoms with Gasteiger partial charge in [0.05, 0.1) is 12.2 Å². The van der Waals surface area contributed by atoms with Crippen LogP contribution in [0.1, 0.15) is 35.3 Å². The lowest BCUT2D eigenvalue weighted by Gasteiger charge is -2.13. The second-order valence-electron chi connectivity index (χ2n) is 3.68. The number of phenols is 1. The number of aromatic hydroxyl groups is 1. The van der Waals surface area contributed by atoms with E-state index in [0.29, 0.717) is 30.7 Å². The number of ether oxygens (including phenoxy) is 1. The number of benzene rings is 1. The Morgan fingerprint density at radius 2 is 2.24 bits per heavy atom. The molecule has 17 heavy (non-hydrogen) atoms. The summed E-state index contributed by atoms with van der Waals surface area (Å²) in [5.41, 5.74) is 12.1. The van der Waals surface area contributed by atoms with Crippen LogP contribution >= 0.6 is 0 Å². The van der Waals surface area contributed by atoms with Gasteiger partial charge in [-0.25, -0.2) is 4.79 Å². The van der Waals surface area contributed by atoms with Gasteiger partial charge in [-0.2, -0.15) is 0 Å². The van der Waals surface area contributed by atoms with Gasteiger partial charge in [-0.05, 0) is 32.0 Å². The van der Waals surface area contributed by atoms with Crippen molar-refractivity contribution >= 4 is 5.97 Å². The number of phenolic OH excluding ortho intramolecular Hbond substituents is 1. The topological polar surface area (TPSA) is 98.6 Å². The van der Waals surface area contributed by atoms with Crippen molar-refractivity contribution in [3.8, 4) is 5.75 Å². The van der Waals surface area contributed by atoms with Gasteiger partial charge in [-0.15, -0.1) is 0 Å². The predicted octanol–water partition coefficient (Wildman–Crippen LogP) is 0.918. The molecule has 1 aromatic rings. The number of nitrogens with two attached hydrogens (primary N) is 2. The number of hydrogen-bond acceptors (Lipinski definition) is 5. The van der Waals surface area contributed by atoms with E-state index >= 15 is 0 Å². The second-order valence-corrected chi connectivity index (χ2v) is 3.68. The molecule has 1 aromatic carbocycles. The van der Waals surface area contributed by atoms with Crippen LogP contribution in [0.4, 0.5) is 0 Å². The van der Waals surface area contributed by atoms with Gasteiger partial charge >= 0.3 is 5.97 Å². The third kappa shape index (κ3) is 3.44. The summed E-state index contributed by atoms with van der Waals surface area (Å²) in [4.78, 5) is 11.4. The summed E-state index contributed by atoms with van der Waals surface area (Å²) in [5.74, 6) is -0.460. The van der Waals surface area contributed by atoms with E-state index in [9.17, 15) is 9.90 Å². The third-order valence-electron chi connectivity index (χ3n) is 2.42. The van der Waals surface area contributed by atoms with E-state index in [-0.39, 0.29) is 11.8 Å². The van der Waals surface area contributed by atoms with Crippen LogP contribution in [0.2, 0.25) is 0 Å². The van der Waals surface area contributed by atoms with E-state index in [1.54, 1.807) is 19.1 Å². The fourth-order valence-electron chi connectivity index (χ4n) is 1.53. The minimum atomic E-state index is -0.457. The van der Waals surface area contributed by atoms with Crippen LogP contribution in [0.25, 0.3) is 0 Å². The molecule has 1 rings (SSSR count). The molecule has 0 fully saturated rings. The first-order chi connectivity index (χ1) is 8.10. The standard InChI is InChI=1S/C12H18N2O3/c1-2-17-12(16)8-3-4-9(11(15)7-8)10(14)5-6-13/h3-4,7,10,15H,2,5-6,13-14H2,1H3. The Kier molecular flexibility index (Phi) is 4.93. The second kappa shape index (κ2) is 6.22. The van der Waals surface area contributed by atoms with Crippen molar-refractivity contribution in [1.82, 2.24) is 0 Å².